The van der Waals surface area contributed by atoms with Crippen LogP contribution in [-0.2, 0) is 19.1 Å². The summed E-state index contributed by atoms with van der Waals surface area (Å²) in [6.07, 6.45) is 1.63. The lowest BCUT2D eigenvalue weighted by molar-refractivity contribution is -0.151. The van der Waals surface area contributed by atoms with E-state index >= 15 is 0 Å². The fourth-order valence-electron chi connectivity index (χ4n) is 3.10. The van der Waals surface area contributed by atoms with E-state index in [1.807, 2.05) is 6.92 Å². The van der Waals surface area contributed by atoms with Gasteiger partial charge in [-0.2, -0.15) is 0 Å². The fraction of sp³-hybridized carbons (Fsp3) is 0.800. The average molecular weight is 296 g/mol. The molecule has 0 aromatic heterocycles. The van der Waals surface area contributed by atoms with Gasteiger partial charge in [-0.1, -0.05) is 0 Å². The van der Waals surface area contributed by atoms with Crippen LogP contribution in [0, 0.1) is 11.8 Å². The zero-order valence-electron chi connectivity index (χ0n) is 12.8. The number of carbonyl (C=O) groups is 3. The van der Waals surface area contributed by atoms with E-state index in [-0.39, 0.29) is 29.6 Å². The molecule has 0 spiro atoms. The average Bonchev–Trinajstić information content (AvgIpc) is 2.88. The van der Waals surface area contributed by atoms with Gasteiger partial charge in [-0.15, -0.1) is 0 Å². The van der Waals surface area contributed by atoms with Crippen molar-refractivity contribution >= 4 is 17.8 Å². The second kappa shape index (κ2) is 6.91. The monoisotopic (exact) mass is 296 g/mol. The Morgan fingerprint density at radius 1 is 1.19 bits per heavy atom. The molecule has 0 bridgehead atoms. The molecule has 0 aromatic carbocycles. The number of piperidine rings is 1. The second-order valence-electron chi connectivity index (χ2n) is 5.69. The van der Waals surface area contributed by atoms with Crippen molar-refractivity contribution in [1.29, 1.82) is 0 Å². The van der Waals surface area contributed by atoms with Crippen LogP contribution in [0.3, 0.4) is 0 Å². The molecule has 2 rings (SSSR count). The maximum Gasteiger partial charge on any atom is 0.309 e. The van der Waals surface area contributed by atoms with Crippen molar-refractivity contribution in [2.24, 2.45) is 11.8 Å². The van der Waals surface area contributed by atoms with Crippen LogP contribution in [-0.4, -0.2) is 60.4 Å². The Labute approximate surface area is 125 Å². The van der Waals surface area contributed by atoms with Crippen molar-refractivity contribution in [3.8, 4) is 0 Å². The number of amides is 2. The summed E-state index contributed by atoms with van der Waals surface area (Å²) in [5.74, 6) is -0.334. The van der Waals surface area contributed by atoms with Gasteiger partial charge in [0.2, 0.25) is 11.8 Å². The molecular formula is C15H24N2O4. The third-order valence-corrected chi connectivity index (χ3v) is 4.37. The van der Waals surface area contributed by atoms with E-state index in [9.17, 15) is 14.4 Å². The van der Waals surface area contributed by atoms with Crippen molar-refractivity contribution < 1.29 is 19.1 Å². The van der Waals surface area contributed by atoms with Gasteiger partial charge in [-0.25, -0.2) is 0 Å². The van der Waals surface area contributed by atoms with E-state index in [0.717, 1.165) is 0 Å². The van der Waals surface area contributed by atoms with Crippen LogP contribution in [0.5, 0.6) is 0 Å². The maximum atomic E-state index is 12.4. The van der Waals surface area contributed by atoms with E-state index in [4.69, 9.17) is 4.74 Å². The molecule has 118 valence electrons. The number of rotatable bonds is 4. The smallest absolute Gasteiger partial charge is 0.309 e. The van der Waals surface area contributed by atoms with Gasteiger partial charge in [-0.3, -0.25) is 14.4 Å². The highest BCUT2D eigenvalue weighted by Gasteiger charge is 2.37. The first-order chi connectivity index (χ1) is 10.1. The largest absolute Gasteiger partial charge is 0.466 e. The van der Waals surface area contributed by atoms with Crippen LogP contribution >= 0.6 is 0 Å². The van der Waals surface area contributed by atoms with Gasteiger partial charge in [0.05, 0.1) is 18.4 Å². The number of hydrogen-bond donors (Lipinski definition) is 0. The van der Waals surface area contributed by atoms with Crippen molar-refractivity contribution in [1.82, 2.24) is 9.80 Å². The molecule has 0 aromatic rings. The fourth-order valence-corrected chi connectivity index (χ4v) is 3.10. The second-order valence-corrected chi connectivity index (χ2v) is 5.69. The Bertz CT molecular complexity index is 416. The Balaban J connectivity index is 1.84. The summed E-state index contributed by atoms with van der Waals surface area (Å²) in [6.45, 7) is 6.48. The minimum atomic E-state index is -0.211. The van der Waals surface area contributed by atoms with Crippen molar-refractivity contribution in [2.75, 3.05) is 32.8 Å². The number of ether oxygens (including phenoxy) is 1. The highest BCUT2D eigenvalue weighted by Crippen LogP contribution is 2.24. The summed E-state index contributed by atoms with van der Waals surface area (Å²) < 4.78 is 5.03. The molecule has 21 heavy (non-hydrogen) atoms. The minimum absolute atomic E-state index is 0.0570. The van der Waals surface area contributed by atoms with Crippen molar-refractivity contribution in [3.05, 3.63) is 0 Å². The van der Waals surface area contributed by atoms with Crippen LogP contribution in [0.15, 0.2) is 0 Å². The molecule has 0 aliphatic carbocycles. The van der Waals surface area contributed by atoms with Crippen molar-refractivity contribution in [2.45, 2.75) is 33.1 Å². The molecule has 6 heteroatoms. The Kier molecular flexibility index (Phi) is 5.20. The van der Waals surface area contributed by atoms with E-state index in [1.54, 1.807) is 16.7 Å². The molecule has 2 amide bonds. The normalized spacial score (nSPS) is 23.5. The predicted molar refractivity (Wildman–Crippen MR) is 76.3 cm³/mol. The van der Waals surface area contributed by atoms with Crippen LogP contribution in [0.2, 0.25) is 0 Å². The lowest BCUT2D eigenvalue weighted by Crippen LogP contribution is -2.44. The number of likely N-dealkylation sites (tertiary alicyclic amines) is 2. The SMILES string of the molecule is CCOC(=O)C1CCN(C(=O)C2CC(=O)N(CC)C2)CC1. The molecule has 2 aliphatic rings. The van der Waals surface area contributed by atoms with E-state index in [1.165, 1.54) is 0 Å². The minimum Gasteiger partial charge on any atom is -0.466 e. The summed E-state index contributed by atoms with van der Waals surface area (Å²) in [7, 11) is 0. The Hall–Kier alpha value is -1.59. The Morgan fingerprint density at radius 3 is 2.38 bits per heavy atom. The molecule has 0 radical (unpaired) electrons. The summed E-state index contributed by atoms with van der Waals surface area (Å²) in [5, 5.41) is 0. The molecule has 2 heterocycles. The number of hydrogen-bond acceptors (Lipinski definition) is 4. The lowest BCUT2D eigenvalue weighted by atomic mass is 9.95. The first-order valence-corrected chi connectivity index (χ1v) is 7.80. The van der Waals surface area contributed by atoms with Crippen LogP contribution in [0.25, 0.3) is 0 Å². The Morgan fingerprint density at radius 2 is 1.86 bits per heavy atom. The molecule has 1 unspecified atom stereocenters. The highest BCUT2D eigenvalue weighted by atomic mass is 16.5. The highest BCUT2D eigenvalue weighted by molar-refractivity contribution is 5.89. The topological polar surface area (TPSA) is 66.9 Å². The molecule has 6 nitrogen and oxygen atoms in total. The maximum absolute atomic E-state index is 12.4. The first kappa shape index (κ1) is 15.8. The number of esters is 1. The van der Waals surface area contributed by atoms with Gasteiger partial charge in [0.15, 0.2) is 0 Å². The van der Waals surface area contributed by atoms with E-state index < -0.39 is 0 Å². The van der Waals surface area contributed by atoms with Crippen molar-refractivity contribution in [3.63, 3.8) is 0 Å². The quantitative estimate of drug-likeness (QED) is 0.715. The summed E-state index contributed by atoms with van der Waals surface area (Å²) in [5.41, 5.74) is 0. The third kappa shape index (κ3) is 3.54. The molecule has 1 atom stereocenters. The summed E-state index contributed by atoms with van der Waals surface area (Å²) in [6, 6.07) is 0. The van der Waals surface area contributed by atoms with E-state index in [0.29, 0.717) is 52.0 Å². The first-order valence-electron chi connectivity index (χ1n) is 7.80. The molecule has 2 aliphatic heterocycles. The standard InChI is InChI=1S/C15H24N2O4/c1-3-16-10-12(9-13(16)18)14(19)17-7-5-11(6-8-17)15(20)21-4-2/h11-12H,3-10H2,1-2H3. The van der Waals surface area contributed by atoms with Crippen LogP contribution in [0.4, 0.5) is 0 Å². The molecular weight excluding hydrogens is 272 g/mol. The van der Waals surface area contributed by atoms with Gasteiger partial charge in [-0.05, 0) is 26.7 Å². The van der Waals surface area contributed by atoms with Crippen LogP contribution in [0.1, 0.15) is 33.1 Å². The predicted octanol–water partition coefficient (Wildman–Crippen LogP) is 0.656. The van der Waals surface area contributed by atoms with Crippen LogP contribution < -0.4 is 0 Å². The summed E-state index contributed by atoms with van der Waals surface area (Å²) in [4.78, 5) is 39.4. The van der Waals surface area contributed by atoms with Gasteiger partial charge in [0.1, 0.15) is 0 Å². The van der Waals surface area contributed by atoms with E-state index in [2.05, 4.69) is 0 Å². The number of nitrogens with zero attached hydrogens (tertiary/aromatic N) is 2. The molecule has 2 fully saturated rings. The lowest BCUT2D eigenvalue weighted by Gasteiger charge is -2.32. The zero-order chi connectivity index (χ0) is 15.4. The van der Waals surface area contributed by atoms with Gasteiger partial charge in [0, 0.05) is 32.6 Å². The van der Waals surface area contributed by atoms with Gasteiger partial charge >= 0.3 is 5.97 Å². The number of carbonyl (C=O) groups excluding carboxylic acids is 3. The molecule has 0 saturated carbocycles. The molecule has 2 saturated heterocycles. The summed E-state index contributed by atoms with van der Waals surface area (Å²) >= 11 is 0. The molecule has 0 N–H and O–H groups in total. The van der Waals surface area contributed by atoms with Gasteiger partial charge < -0.3 is 14.5 Å². The third-order valence-electron chi connectivity index (χ3n) is 4.37. The van der Waals surface area contributed by atoms with Gasteiger partial charge in [0.25, 0.3) is 0 Å². The zero-order valence-corrected chi connectivity index (χ0v) is 12.8.